The van der Waals surface area contributed by atoms with Gasteiger partial charge in [0.05, 0.1) is 0 Å². The second kappa shape index (κ2) is 7.32. The molecule has 0 aliphatic heterocycles. The predicted molar refractivity (Wildman–Crippen MR) is 90.0 cm³/mol. The zero-order chi connectivity index (χ0) is 13.1. The van der Waals surface area contributed by atoms with Crippen molar-refractivity contribution in [2.24, 2.45) is 0 Å². The second-order valence-corrected chi connectivity index (χ2v) is 12.6. The molecule has 0 fully saturated rings. The Morgan fingerprint density at radius 1 is 0.722 bits per heavy atom. The summed E-state index contributed by atoms with van der Waals surface area (Å²) >= 11 is 14.6. The molecule has 2 aromatic rings. The van der Waals surface area contributed by atoms with Gasteiger partial charge in [0.15, 0.2) is 0 Å². The first-order chi connectivity index (χ1) is 8.56. The van der Waals surface area contributed by atoms with Gasteiger partial charge < -0.3 is 0 Å². The Morgan fingerprint density at radius 2 is 1.11 bits per heavy atom. The summed E-state index contributed by atoms with van der Waals surface area (Å²) < 4.78 is 6.44. The van der Waals surface area contributed by atoms with Gasteiger partial charge in [0, 0.05) is 0 Å². The van der Waals surface area contributed by atoms with E-state index in [2.05, 4.69) is 85.8 Å². The Labute approximate surface area is 150 Å². The van der Waals surface area contributed by atoms with E-state index >= 15 is 0 Å². The first kappa shape index (κ1) is 15.6. The van der Waals surface area contributed by atoms with E-state index in [1.165, 1.54) is 8.92 Å². The van der Waals surface area contributed by atoms with Gasteiger partial charge in [-0.2, -0.15) is 0 Å². The number of halogens is 4. The van der Waals surface area contributed by atoms with Crippen LogP contribution < -0.4 is 8.92 Å². The normalized spacial score (nSPS) is 10.7. The molecule has 0 saturated carbocycles. The van der Waals surface area contributed by atoms with E-state index in [0.717, 1.165) is 18.2 Å². The summed E-state index contributed by atoms with van der Waals surface area (Å²) in [5, 5.41) is 0. The van der Waals surface area contributed by atoms with Crippen molar-refractivity contribution in [3.8, 4) is 0 Å². The molecule has 0 spiro atoms. The molecule has 94 valence electrons. The first-order valence-corrected chi connectivity index (χ1v) is 13.7. The number of hydrogen-bond donors (Lipinski definition) is 0. The van der Waals surface area contributed by atoms with Gasteiger partial charge in [-0.3, -0.25) is 0 Å². The molecular weight excluding hydrogens is 626 g/mol. The summed E-state index contributed by atoms with van der Waals surface area (Å²) in [7, 11) is 0. The van der Waals surface area contributed by atoms with Crippen molar-refractivity contribution in [2.75, 3.05) is 0 Å². The topological polar surface area (TPSA) is 25.8 Å². The number of hydrogen-bond acceptors (Lipinski definition) is 2. The van der Waals surface area contributed by atoms with E-state index in [-0.39, 0.29) is 0 Å². The summed E-state index contributed by atoms with van der Waals surface area (Å²) in [6, 6.07) is 4.25. The van der Waals surface area contributed by atoms with Crippen LogP contribution in [0, 0.1) is 0 Å². The molecule has 2 heterocycles. The van der Waals surface area contributed by atoms with E-state index in [1.807, 2.05) is 0 Å². The molecule has 2 aromatic heterocycles. The average Bonchev–Trinajstić information content (AvgIpc) is 2.34. The first-order valence-electron chi connectivity index (χ1n) is 4.53. The molecule has 18 heavy (non-hydrogen) atoms. The zero-order valence-electron chi connectivity index (χ0n) is 8.53. The van der Waals surface area contributed by atoms with Gasteiger partial charge in [0.1, 0.15) is 0 Å². The van der Waals surface area contributed by atoms with Crippen LogP contribution in [0.3, 0.4) is 0 Å². The fourth-order valence-corrected chi connectivity index (χ4v) is 12.5. The van der Waals surface area contributed by atoms with Crippen LogP contribution in [0.25, 0.3) is 0 Å². The van der Waals surface area contributed by atoms with Gasteiger partial charge in [-0.15, -0.1) is 0 Å². The van der Waals surface area contributed by atoms with Gasteiger partial charge >= 0.3 is 152 Å². The summed E-state index contributed by atoms with van der Waals surface area (Å²) in [4.78, 5) is 8.58. The molecule has 2 nitrogen and oxygen atoms in total. The molecule has 0 unspecified atom stereocenters. The molecular formula is C10H4Br4N2Se2. The molecule has 0 N–H and O–H groups in total. The SMILES string of the molecule is Brc1cnc(Br)c([Se][Se]c2cc(Br)cnc2Br)c1. The quantitative estimate of drug-likeness (QED) is 0.386. The Kier molecular flexibility index (Phi) is 6.36. The van der Waals surface area contributed by atoms with Crippen LogP contribution in [0.1, 0.15) is 0 Å². The molecule has 2 rings (SSSR count). The molecule has 0 saturated heterocycles. The van der Waals surface area contributed by atoms with Gasteiger partial charge in [0.2, 0.25) is 0 Å². The Hall–Kier alpha value is 1.26. The van der Waals surface area contributed by atoms with Gasteiger partial charge in [-0.1, -0.05) is 0 Å². The molecule has 0 bridgehead atoms. The maximum atomic E-state index is 4.29. The van der Waals surface area contributed by atoms with E-state index in [4.69, 9.17) is 0 Å². The third kappa shape index (κ3) is 4.38. The summed E-state index contributed by atoms with van der Waals surface area (Å²) in [6.07, 6.45) is 3.60. The van der Waals surface area contributed by atoms with Crippen LogP contribution >= 0.6 is 63.7 Å². The molecule has 0 amide bonds. The van der Waals surface area contributed by atoms with Gasteiger partial charge in [0.25, 0.3) is 0 Å². The molecule has 0 radical (unpaired) electrons. The van der Waals surface area contributed by atoms with Crippen molar-refractivity contribution >= 4 is 98.9 Å². The van der Waals surface area contributed by atoms with Crippen molar-refractivity contribution < 1.29 is 0 Å². The Bertz CT molecular complexity index is 528. The summed E-state index contributed by atoms with van der Waals surface area (Å²) in [6.45, 7) is 0. The fourth-order valence-electron chi connectivity index (χ4n) is 1.01. The van der Waals surface area contributed by atoms with Crippen molar-refractivity contribution in [1.29, 1.82) is 0 Å². The van der Waals surface area contributed by atoms with Gasteiger partial charge in [-0.25, -0.2) is 0 Å². The van der Waals surface area contributed by atoms with Gasteiger partial charge in [-0.05, 0) is 0 Å². The molecule has 8 heteroatoms. The predicted octanol–water partition coefficient (Wildman–Crippen LogP) is 2.80. The molecule has 0 aromatic carbocycles. The molecule has 0 atom stereocenters. The van der Waals surface area contributed by atoms with Crippen LogP contribution in [-0.4, -0.2) is 36.2 Å². The zero-order valence-corrected chi connectivity index (χ0v) is 18.3. The van der Waals surface area contributed by atoms with Crippen LogP contribution in [-0.2, 0) is 0 Å². The standard InChI is InChI=1S/C10H4Br4N2Se2/c11-5-1-7(9(13)15-3-5)17-18-8-2-6(12)4-16-10(8)14/h1-4H. The van der Waals surface area contributed by atoms with Crippen LogP contribution in [0.2, 0.25) is 0 Å². The number of pyridine rings is 2. The molecule has 0 aliphatic rings. The minimum atomic E-state index is 0.369. The van der Waals surface area contributed by atoms with Crippen LogP contribution in [0.15, 0.2) is 42.7 Å². The maximum absolute atomic E-state index is 4.29. The number of rotatable bonds is 3. The third-order valence-corrected chi connectivity index (χ3v) is 12.1. The summed E-state index contributed by atoms with van der Waals surface area (Å²) in [5.41, 5.74) is 0. The van der Waals surface area contributed by atoms with Crippen molar-refractivity contribution in [3.05, 3.63) is 42.7 Å². The third-order valence-electron chi connectivity index (χ3n) is 1.77. The molecule has 0 aliphatic carbocycles. The Balaban J connectivity index is 2.16. The monoisotopic (exact) mass is 628 g/mol. The number of nitrogens with zero attached hydrogens (tertiary/aromatic N) is 2. The van der Waals surface area contributed by atoms with E-state index in [9.17, 15) is 0 Å². The Morgan fingerprint density at radius 3 is 1.50 bits per heavy atom. The van der Waals surface area contributed by atoms with Crippen molar-refractivity contribution in [2.45, 2.75) is 0 Å². The summed E-state index contributed by atoms with van der Waals surface area (Å²) in [5.74, 6) is 0. The van der Waals surface area contributed by atoms with Crippen LogP contribution in [0.4, 0.5) is 0 Å². The van der Waals surface area contributed by atoms with E-state index in [1.54, 1.807) is 12.4 Å². The van der Waals surface area contributed by atoms with Crippen LogP contribution in [0.5, 0.6) is 0 Å². The number of aromatic nitrogens is 2. The fraction of sp³-hybridized carbons (Fsp3) is 0. The van der Waals surface area contributed by atoms with Crippen molar-refractivity contribution in [3.63, 3.8) is 0 Å². The van der Waals surface area contributed by atoms with E-state index < -0.39 is 0 Å². The van der Waals surface area contributed by atoms with Crippen molar-refractivity contribution in [1.82, 2.24) is 9.97 Å². The minimum absolute atomic E-state index is 0.369. The second-order valence-electron chi connectivity index (χ2n) is 3.05. The average molecular weight is 630 g/mol. The van der Waals surface area contributed by atoms with E-state index in [0.29, 0.717) is 26.3 Å².